The first-order valence-corrected chi connectivity index (χ1v) is 13.9. The second-order valence-electron chi connectivity index (χ2n) is 10.2. The molecular weight excluding hydrogens is 512 g/mol. The molecule has 0 radical (unpaired) electrons. The number of benzene rings is 2. The third kappa shape index (κ3) is 5.89. The Bertz CT molecular complexity index is 1340. The molecule has 3 fully saturated rings. The van der Waals surface area contributed by atoms with Gasteiger partial charge in [-0.15, -0.1) is 0 Å². The monoisotopic (exact) mass is 546 g/mol. The quantitative estimate of drug-likeness (QED) is 0.478. The average molecular weight is 547 g/mol. The first-order valence-electron chi connectivity index (χ1n) is 13.9. The maximum atomic E-state index is 13.0. The van der Waals surface area contributed by atoms with Crippen molar-refractivity contribution in [2.75, 3.05) is 75.9 Å². The highest BCUT2D eigenvalue weighted by Gasteiger charge is 2.26. The zero-order valence-electron chi connectivity index (χ0n) is 22.5. The summed E-state index contributed by atoms with van der Waals surface area (Å²) in [4.78, 5) is 39.4. The lowest BCUT2D eigenvalue weighted by Crippen LogP contribution is -2.40. The van der Waals surface area contributed by atoms with Crippen molar-refractivity contribution in [2.24, 2.45) is 0 Å². The molecule has 210 valence electrons. The highest BCUT2D eigenvalue weighted by atomic mass is 16.6. The fraction of sp³-hybridized carbons (Fsp3) is 0.448. The Kier molecular flexibility index (Phi) is 7.80. The molecule has 4 heterocycles. The van der Waals surface area contributed by atoms with Gasteiger partial charge >= 0.3 is 12.1 Å². The molecule has 3 aliphatic rings. The van der Waals surface area contributed by atoms with Gasteiger partial charge in [0.05, 0.1) is 37.5 Å². The van der Waals surface area contributed by atoms with Crippen molar-refractivity contribution < 1.29 is 23.8 Å². The summed E-state index contributed by atoms with van der Waals surface area (Å²) in [6, 6.07) is 13.8. The second-order valence-corrected chi connectivity index (χ2v) is 10.2. The second kappa shape index (κ2) is 12.0. The smallest absolute Gasteiger partial charge is 0.410 e. The van der Waals surface area contributed by atoms with Crippen LogP contribution in [0.1, 0.15) is 24.5 Å². The largest absolute Gasteiger partial charge is 0.492 e. The third-order valence-electron chi connectivity index (χ3n) is 7.78. The lowest BCUT2D eigenvalue weighted by molar-refractivity contribution is 0.122. The van der Waals surface area contributed by atoms with E-state index in [0.717, 1.165) is 67.1 Å². The highest BCUT2D eigenvalue weighted by molar-refractivity contribution is 5.89. The summed E-state index contributed by atoms with van der Waals surface area (Å²) in [6.45, 7) is 6.48. The van der Waals surface area contributed by atoms with Gasteiger partial charge in [-0.05, 0) is 49.2 Å². The average Bonchev–Trinajstić information content (AvgIpc) is 3.42. The molecule has 6 rings (SSSR count). The van der Waals surface area contributed by atoms with Crippen LogP contribution in [0.3, 0.4) is 0 Å². The van der Waals surface area contributed by atoms with Crippen LogP contribution in [0.2, 0.25) is 0 Å². The number of nitrogens with zero attached hydrogens (tertiary/aromatic N) is 5. The van der Waals surface area contributed by atoms with Crippen molar-refractivity contribution in [3.8, 4) is 5.75 Å². The molecule has 11 heteroatoms. The molecule has 2 aromatic carbocycles. The Balaban J connectivity index is 1.02. The van der Waals surface area contributed by atoms with E-state index in [-0.39, 0.29) is 18.0 Å². The Hall–Kier alpha value is -4.12. The Morgan fingerprint density at radius 2 is 1.77 bits per heavy atom. The van der Waals surface area contributed by atoms with Crippen LogP contribution in [-0.2, 0) is 9.47 Å². The summed E-state index contributed by atoms with van der Waals surface area (Å²) in [5.74, 6) is 0.949. The van der Waals surface area contributed by atoms with Gasteiger partial charge in [0.1, 0.15) is 25.3 Å². The van der Waals surface area contributed by atoms with E-state index in [1.54, 1.807) is 11.2 Å². The number of morpholine rings is 1. The van der Waals surface area contributed by atoms with Gasteiger partial charge in [-0.1, -0.05) is 0 Å². The summed E-state index contributed by atoms with van der Waals surface area (Å²) in [7, 11) is 0. The minimum atomic E-state index is -0.291. The van der Waals surface area contributed by atoms with E-state index < -0.39 is 0 Å². The summed E-state index contributed by atoms with van der Waals surface area (Å²) >= 11 is 0. The molecule has 0 bridgehead atoms. The molecule has 3 saturated heterocycles. The Labute approximate surface area is 233 Å². The lowest BCUT2D eigenvalue weighted by Gasteiger charge is -2.32. The fourth-order valence-corrected chi connectivity index (χ4v) is 5.51. The van der Waals surface area contributed by atoms with Crippen LogP contribution in [0.15, 0.2) is 48.8 Å². The van der Waals surface area contributed by atoms with Crippen LogP contribution in [0.25, 0.3) is 10.9 Å². The minimum Gasteiger partial charge on any atom is -0.492 e. The molecule has 3 aromatic rings. The topological polar surface area (TPSA) is 109 Å². The number of ether oxygens (including phenoxy) is 3. The summed E-state index contributed by atoms with van der Waals surface area (Å²) in [6.07, 6.45) is 2.97. The van der Waals surface area contributed by atoms with Gasteiger partial charge < -0.3 is 34.2 Å². The number of hydrogen-bond acceptors (Lipinski definition) is 8. The summed E-state index contributed by atoms with van der Waals surface area (Å²) < 4.78 is 16.2. The fourth-order valence-electron chi connectivity index (χ4n) is 5.51. The van der Waals surface area contributed by atoms with Crippen LogP contribution in [0, 0.1) is 0 Å². The highest BCUT2D eigenvalue weighted by Crippen LogP contribution is 2.32. The Morgan fingerprint density at radius 3 is 2.52 bits per heavy atom. The van der Waals surface area contributed by atoms with E-state index in [1.165, 1.54) is 0 Å². The molecule has 1 aromatic heterocycles. The number of urea groups is 1. The molecule has 1 N–H and O–H groups in total. The first kappa shape index (κ1) is 26.1. The maximum absolute atomic E-state index is 13.0. The number of likely N-dealkylation sites (tertiary alicyclic amines) is 1. The number of rotatable bonds is 7. The minimum absolute atomic E-state index is 0.0749. The standard InChI is InChI=1S/C29H34N6O5/c36-28(32-22-1-3-23(4-2-22)33-11-15-38-16-12-33)34-9-7-21(8-10-34)27-25-6-5-24(19-26(25)30-20-31-27)39-17-13-35-14-18-40-29(35)37/h1-6,19-21H,7-18H2,(H,32,36). The van der Waals surface area contributed by atoms with Crippen LogP contribution >= 0.6 is 0 Å². The number of carbonyl (C=O) groups excluding carboxylic acids is 2. The van der Waals surface area contributed by atoms with Gasteiger partial charge in [0, 0.05) is 54.9 Å². The van der Waals surface area contributed by atoms with E-state index >= 15 is 0 Å². The normalized spacial score (nSPS) is 18.2. The number of piperidine rings is 1. The van der Waals surface area contributed by atoms with Gasteiger partial charge in [-0.2, -0.15) is 0 Å². The van der Waals surface area contributed by atoms with Gasteiger partial charge in [0.25, 0.3) is 0 Å². The predicted molar refractivity (Wildman–Crippen MR) is 150 cm³/mol. The van der Waals surface area contributed by atoms with Gasteiger partial charge in [-0.25, -0.2) is 19.6 Å². The van der Waals surface area contributed by atoms with E-state index in [4.69, 9.17) is 14.2 Å². The van der Waals surface area contributed by atoms with Gasteiger partial charge in [0.2, 0.25) is 0 Å². The lowest BCUT2D eigenvalue weighted by atomic mass is 9.91. The molecule has 0 saturated carbocycles. The van der Waals surface area contributed by atoms with E-state index in [1.807, 2.05) is 47.4 Å². The van der Waals surface area contributed by atoms with Crippen molar-refractivity contribution in [2.45, 2.75) is 18.8 Å². The molecule has 40 heavy (non-hydrogen) atoms. The van der Waals surface area contributed by atoms with Crippen molar-refractivity contribution in [3.63, 3.8) is 0 Å². The molecule has 0 atom stereocenters. The van der Waals surface area contributed by atoms with Crippen LogP contribution in [-0.4, -0.2) is 97.6 Å². The molecule has 0 aliphatic carbocycles. The zero-order chi connectivity index (χ0) is 27.3. The molecule has 11 nitrogen and oxygen atoms in total. The third-order valence-corrected chi connectivity index (χ3v) is 7.78. The zero-order valence-corrected chi connectivity index (χ0v) is 22.5. The molecular formula is C29H34N6O5. The van der Waals surface area contributed by atoms with E-state index in [9.17, 15) is 9.59 Å². The van der Waals surface area contributed by atoms with Crippen molar-refractivity contribution in [1.29, 1.82) is 0 Å². The SMILES string of the molecule is O=C(Nc1ccc(N2CCOCC2)cc1)N1CCC(c2ncnc3cc(OCCN4CCOC4=O)ccc23)CC1. The number of fused-ring (bicyclic) bond motifs is 1. The maximum Gasteiger partial charge on any atom is 0.410 e. The van der Waals surface area contributed by atoms with Crippen molar-refractivity contribution in [3.05, 3.63) is 54.5 Å². The van der Waals surface area contributed by atoms with Crippen molar-refractivity contribution >= 4 is 34.4 Å². The number of carbonyl (C=O) groups is 2. The number of aromatic nitrogens is 2. The summed E-state index contributed by atoms with van der Waals surface area (Å²) in [5, 5.41) is 4.05. The number of nitrogens with one attached hydrogen (secondary N) is 1. The first-order chi connectivity index (χ1) is 19.6. The van der Waals surface area contributed by atoms with Crippen LogP contribution < -0.4 is 15.0 Å². The van der Waals surface area contributed by atoms with Gasteiger partial charge in [-0.3, -0.25) is 0 Å². The molecule has 0 spiro atoms. The van der Waals surface area contributed by atoms with Crippen LogP contribution in [0.5, 0.6) is 5.75 Å². The summed E-state index contributed by atoms with van der Waals surface area (Å²) in [5.41, 5.74) is 3.77. The van der Waals surface area contributed by atoms with E-state index in [2.05, 4.69) is 20.2 Å². The number of cyclic esters (lactones) is 1. The predicted octanol–water partition coefficient (Wildman–Crippen LogP) is 3.71. The number of anilines is 2. The van der Waals surface area contributed by atoms with Gasteiger partial charge in [0.15, 0.2) is 0 Å². The molecule has 3 aliphatic heterocycles. The van der Waals surface area contributed by atoms with Crippen molar-refractivity contribution in [1.82, 2.24) is 19.8 Å². The van der Waals surface area contributed by atoms with Crippen LogP contribution in [0.4, 0.5) is 21.0 Å². The molecule has 0 unspecified atom stereocenters. The van der Waals surface area contributed by atoms with E-state index in [0.29, 0.717) is 45.1 Å². The Morgan fingerprint density at radius 1 is 0.975 bits per heavy atom. The number of hydrogen-bond donors (Lipinski definition) is 1. The molecule has 3 amide bonds. The number of amides is 3.